The molecule has 2 radical (unpaired) electrons. The van der Waals surface area contributed by atoms with Crippen LogP contribution < -0.4 is 38.1 Å². The van der Waals surface area contributed by atoms with Crippen LogP contribution in [0.25, 0.3) is 0 Å². The molecule has 0 saturated carbocycles. The highest BCUT2D eigenvalue weighted by molar-refractivity contribution is 5.97. The first-order valence-electron chi connectivity index (χ1n) is 10.1. The number of carboxylic acids is 2. The maximum atomic E-state index is 12.4. The average molecular weight is 502 g/mol. The van der Waals surface area contributed by atoms with Crippen molar-refractivity contribution in [3.8, 4) is 0 Å². The number of carbonyl (C=O) groups excluding carboxylic acids is 4. The molecule has 0 aliphatic carbocycles. The Kier molecular flexibility index (Phi) is 14.7. The van der Waals surface area contributed by atoms with E-state index in [1.165, 1.54) is 7.05 Å². The molecule has 35 heavy (non-hydrogen) atoms. The van der Waals surface area contributed by atoms with Gasteiger partial charge in [-0.25, -0.2) is 4.79 Å². The fourth-order valence-electron chi connectivity index (χ4n) is 2.41. The molecule has 0 aromatic heterocycles. The Hall–Kier alpha value is -3.99. The number of carbonyl (C=O) groups is 6. The first-order valence-corrected chi connectivity index (χ1v) is 10.1. The molecule has 3 unspecified atom stereocenters. The fourth-order valence-corrected chi connectivity index (χ4v) is 2.41. The van der Waals surface area contributed by atoms with Gasteiger partial charge in [0.25, 0.3) is 0 Å². The van der Waals surface area contributed by atoms with Gasteiger partial charge < -0.3 is 53.4 Å². The number of likely N-dealkylation sites (N-methyl/N-ethyl adjacent to an activating group) is 1. The van der Waals surface area contributed by atoms with Crippen LogP contribution in [0.5, 0.6) is 0 Å². The van der Waals surface area contributed by atoms with E-state index < -0.39 is 66.7 Å². The van der Waals surface area contributed by atoms with E-state index >= 15 is 0 Å². The van der Waals surface area contributed by atoms with Gasteiger partial charge in [0.1, 0.15) is 31.2 Å². The first kappa shape index (κ1) is 31.0. The summed E-state index contributed by atoms with van der Waals surface area (Å²) < 4.78 is 0. The van der Waals surface area contributed by atoms with Gasteiger partial charge in [0, 0.05) is 6.54 Å². The zero-order chi connectivity index (χ0) is 27.0. The van der Waals surface area contributed by atoms with Crippen LogP contribution in [0.15, 0.2) is 4.99 Å². The molecule has 0 bridgehead atoms. The average Bonchev–Trinajstić information content (AvgIpc) is 2.76. The number of nitrogens with two attached hydrogens (primary N) is 2. The fraction of sp³-hybridized carbons (Fsp3) is 0.500. The summed E-state index contributed by atoms with van der Waals surface area (Å²) in [4.78, 5) is 74.3. The Bertz CT molecular complexity index is 801. The molecule has 0 aliphatic heterocycles. The van der Waals surface area contributed by atoms with Crippen LogP contribution >= 0.6 is 0 Å². The van der Waals surface area contributed by atoms with Gasteiger partial charge >= 0.3 is 11.9 Å². The molecular formula is C18H30N8O9. The van der Waals surface area contributed by atoms with Crippen LogP contribution in [0, 0.1) is 13.1 Å². The van der Waals surface area contributed by atoms with Crippen LogP contribution in [0.1, 0.15) is 19.3 Å². The Morgan fingerprint density at radius 3 is 2.00 bits per heavy atom. The van der Waals surface area contributed by atoms with Gasteiger partial charge in [-0.05, 0) is 19.9 Å². The molecule has 0 aromatic rings. The number of nitrogens with zero attached hydrogens (tertiary/aromatic N) is 1. The largest absolute Gasteiger partial charge is 0.481 e. The molecule has 0 fully saturated rings. The molecule has 0 heterocycles. The van der Waals surface area contributed by atoms with Crippen molar-refractivity contribution < 1.29 is 44.1 Å². The van der Waals surface area contributed by atoms with Gasteiger partial charge in [-0.15, -0.1) is 0 Å². The van der Waals surface area contributed by atoms with Crippen molar-refractivity contribution in [2.45, 2.75) is 37.4 Å². The second-order valence-electron chi connectivity index (χ2n) is 6.84. The van der Waals surface area contributed by atoms with Gasteiger partial charge in [-0.2, -0.15) is 0 Å². The quantitative estimate of drug-likeness (QED) is 0.0507. The van der Waals surface area contributed by atoms with Gasteiger partial charge in [0.15, 0.2) is 5.96 Å². The zero-order valence-electron chi connectivity index (χ0n) is 18.8. The first-order chi connectivity index (χ1) is 16.4. The summed E-state index contributed by atoms with van der Waals surface area (Å²) in [5.41, 5.74) is 10.4. The molecule has 196 valence electrons. The highest BCUT2D eigenvalue weighted by Crippen LogP contribution is 2.00. The topological polar surface area (TPSA) is 288 Å². The molecule has 0 saturated heterocycles. The summed E-state index contributed by atoms with van der Waals surface area (Å²) in [6.07, 6.45) is -0.540. The Morgan fingerprint density at radius 2 is 1.49 bits per heavy atom. The van der Waals surface area contributed by atoms with Crippen LogP contribution in [0.3, 0.4) is 0 Å². The molecule has 0 aliphatic rings. The van der Waals surface area contributed by atoms with E-state index in [4.69, 9.17) is 26.8 Å². The minimum absolute atomic E-state index is 0.0865. The number of nitrogens with one attached hydrogen (secondary N) is 5. The van der Waals surface area contributed by atoms with E-state index in [0.717, 1.165) is 6.54 Å². The van der Waals surface area contributed by atoms with Gasteiger partial charge in [0.05, 0.1) is 13.0 Å². The maximum Gasteiger partial charge on any atom is 0.328 e. The molecule has 0 rings (SSSR count). The Morgan fingerprint density at radius 1 is 0.886 bits per heavy atom. The second kappa shape index (κ2) is 16.6. The van der Waals surface area contributed by atoms with Crippen LogP contribution in [-0.4, -0.2) is 95.2 Å². The minimum atomic E-state index is -1.72. The van der Waals surface area contributed by atoms with Crippen molar-refractivity contribution in [1.82, 2.24) is 26.6 Å². The van der Waals surface area contributed by atoms with Crippen molar-refractivity contribution in [3.05, 3.63) is 13.1 Å². The van der Waals surface area contributed by atoms with Gasteiger partial charge in [0.2, 0.25) is 23.6 Å². The third-order valence-corrected chi connectivity index (χ3v) is 4.01. The Labute approximate surface area is 200 Å². The van der Waals surface area contributed by atoms with E-state index in [9.17, 15) is 28.8 Å². The van der Waals surface area contributed by atoms with Crippen molar-refractivity contribution in [2.24, 2.45) is 16.5 Å². The summed E-state index contributed by atoms with van der Waals surface area (Å²) in [6.45, 7) is 0.845. The third kappa shape index (κ3) is 14.0. The van der Waals surface area contributed by atoms with Crippen molar-refractivity contribution in [2.75, 3.05) is 20.2 Å². The number of aliphatic imine (C=N–C) groups is 1. The standard InChI is InChI=1S/C18H30N8O9/c1-21-6-12(28)24-9(3-2-4-22-18(19)20)15(32)23-7-13(29)25-10(5-14(30)31)16(33)26-11(8-27)17(34)35/h6-7,9-11,21,27H,2-5,8H2,1H3,(H,23,32)(H,24,28)(H,25,29)(H,26,33)(H,30,31)(H,34,35)(H4,19,20,22). The lowest BCUT2D eigenvalue weighted by Crippen LogP contribution is -2.54. The maximum absolute atomic E-state index is 12.4. The number of hydrogen-bond donors (Lipinski definition) is 10. The number of aliphatic hydroxyl groups excluding tert-OH is 1. The predicted molar refractivity (Wildman–Crippen MR) is 118 cm³/mol. The molecule has 0 aromatic carbocycles. The highest BCUT2D eigenvalue weighted by atomic mass is 16.4. The van der Waals surface area contributed by atoms with E-state index in [-0.39, 0.29) is 18.9 Å². The molecule has 3 atom stereocenters. The molecule has 17 nitrogen and oxygen atoms in total. The monoisotopic (exact) mass is 502 g/mol. The summed E-state index contributed by atoms with van der Waals surface area (Å²) in [6, 6.07) is -4.55. The minimum Gasteiger partial charge on any atom is -0.481 e. The van der Waals surface area contributed by atoms with Crippen molar-refractivity contribution in [1.29, 1.82) is 0 Å². The molecule has 12 N–H and O–H groups in total. The molecular weight excluding hydrogens is 472 g/mol. The lowest BCUT2D eigenvalue weighted by molar-refractivity contribution is -0.144. The summed E-state index contributed by atoms with van der Waals surface area (Å²) >= 11 is 0. The van der Waals surface area contributed by atoms with E-state index in [1.54, 1.807) is 0 Å². The number of hydrogen-bond acceptors (Lipinski definition) is 9. The number of amides is 4. The number of guanidine groups is 1. The number of aliphatic hydroxyl groups is 1. The summed E-state index contributed by atoms with van der Waals surface area (Å²) in [5.74, 6) is -6.95. The van der Waals surface area contributed by atoms with Crippen molar-refractivity contribution in [3.63, 3.8) is 0 Å². The second-order valence-corrected chi connectivity index (χ2v) is 6.84. The normalized spacial score (nSPS) is 12.9. The summed E-state index contributed by atoms with van der Waals surface area (Å²) in [7, 11) is 1.47. The van der Waals surface area contributed by atoms with Crippen LogP contribution in [-0.2, 0) is 28.8 Å². The van der Waals surface area contributed by atoms with Gasteiger partial charge in [-0.1, -0.05) is 0 Å². The lowest BCUT2D eigenvalue weighted by Gasteiger charge is -2.20. The molecule has 4 amide bonds. The Balaban J connectivity index is 5.09. The lowest BCUT2D eigenvalue weighted by atomic mass is 10.1. The zero-order valence-corrected chi connectivity index (χ0v) is 18.8. The summed E-state index contributed by atoms with van der Waals surface area (Å²) in [5, 5.41) is 37.7. The van der Waals surface area contributed by atoms with E-state index in [1.807, 2.05) is 10.6 Å². The number of rotatable bonds is 17. The highest BCUT2D eigenvalue weighted by Gasteiger charge is 2.28. The molecule has 0 spiro atoms. The van der Waals surface area contributed by atoms with Crippen LogP contribution in [0.2, 0.25) is 0 Å². The van der Waals surface area contributed by atoms with Crippen LogP contribution in [0.4, 0.5) is 0 Å². The predicted octanol–water partition coefficient (Wildman–Crippen LogP) is -5.29. The van der Waals surface area contributed by atoms with E-state index in [0.29, 0.717) is 13.0 Å². The SMILES string of the molecule is CN[CH]C(=O)NC(CCCN=C(N)N)C(=O)N[CH]C(=O)NC(CC(=O)O)C(=O)NC(CO)C(=O)O. The molecule has 17 heteroatoms. The van der Waals surface area contributed by atoms with Crippen molar-refractivity contribution >= 4 is 41.5 Å². The van der Waals surface area contributed by atoms with Gasteiger partial charge in [-0.3, -0.25) is 29.0 Å². The smallest absolute Gasteiger partial charge is 0.328 e. The number of carboxylic acid groups (broad SMARTS) is 2. The number of aliphatic carboxylic acids is 2. The third-order valence-electron chi connectivity index (χ3n) is 4.01. The van der Waals surface area contributed by atoms with E-state index in [2.05, 4.69) is 20.9 Å².